The van der Waals surface area contributed by atoms with Crippen molar-refractivity contribution in [2.45, 2.75) is 51.6 Å². The van der Waals surface area contributed by atoms with Crippen LogP contribution >= 0.6 is 11.6 Å². The maximum absolute atomic E-state index is 6.23. The molecule has 1 aliphatic rings. The first-order valence-electron chi connectivity index (χ1n) is 6.13. The number of halogens is 1. The molecule has 0 unspecified atom stereocenters. The van der Waals surface area contributed by atoms with Gasteiger partial charge in [0, 0.05) is 0 Å². The molecule has 0 amide bonds. The third-order valence-corrected chi connectivity index (χ3v) is 3.51. The van der Waals surface area contributed by atoms with Gasteiger partial charge in [0.1, 0.15) is 5.75 Å². The minimum atomic E-state index is 0.377. The minimum absolute atomic E-state index is 0.377. The van der Waals surface area contributed by atoms with E-state index in [0.29, 0.717) is 12.0 Å². The standard InChI is InChI=1S/C14H19ClO/c1-10(2)11-7-8-14(13(15)9-11)16-12-5-3-4-6-12/h7-10,12H,3-6H2,1-2H3. The fourth-order valence-electron chi connectivity index (χ4n) is 2.16. The summed E-state index contributed by atoms with van der Waals surface area (Å²) < 4.78 is 5.91. The Morgan fingerprint density at radius 2 is 1.94 bits per heavy atom. The summed E-state index contributed by atoms with van der Waals surface area (Å²) in [5.41, 5.74) is 1.27. The summed E-state index contributed by atoms with van der Waals surface area (Å²) in [4.78, 5) is 0. The third kappa shape index (κ3) is 2.70. The van der Waals surface area contributed by atoms with Gasteiger partial charge in [0.05, 0.1) is 11.1 Å². The van der Waals surface area contributed by atoms with Crippen LogP contribution in [0.15, 0.2) is 18.2 Å². The van der Waals surface area contributed by atoms with Crippen molar-refractivity contribution in [2.24, 2.45) is 0 Å². The average Bonchev–Trinajstić information content (AvgIpc) is 2.73. The maximum atomic E-state index is 6.23. The van der Waals surface area contributed by atoms with Gasteiger partial charge in [-0.15, -0.1) is 0 Å². The van der Waals surface area contributed by atoms with Crippen LogP contribution in [0, 0.1) is 0 Å². The second-order valence-corrected chi connectivity index (χ2v) is 5.28. The molecule has 0 bridgehead atoms. The Balaban J connectivity index is 2.09. The van der Waals surface area contributed by atoms with Crippen molar-refractivity contribution in [2.75, 3.05) is 0 Å². The van der Waals surface area contributed by atoms with E-state index in [1.807, 2.05) is 12.1 Å². The molecule has 1 saturated carbocycles. The summed E-state index contributed by atoms with van der Waals surface area (Å²) in [5.74, 6) is 1.36. The Kier molecular flexibility index (Phi) is 3.75. The van der Waals surface area contributed by atoms with E-state index in [-0.39, 0.29) is 0 Å². The lowest BCUT2D eigenvalue weighted by atomic mass is 10.0. The van der Waals surface area contributed by atoms with Gasteiger partial charge in [-0.2, -0.15) is 0 Å². The summed E-state index contributed by atoms with van der Waals surface area (Å²) in [6.07, 6.45) is 5.28. The first kappa shape index (κ1) is 11.8. The predicted molar refractivity (Wildman–Crippen MR) is 68.4 cm³/mol. The molecule has 0 N–H and O–H groups in total. The van der Waals surface area contributed by atoms with Crippen LogP contribution in [-0.2, 0) is 0 Å². The molecule has 0 saturated heterocycles. The van der Waals surface area contributed by atoms with E-state index >= 15 is 0 Å². The highest BCUT2D eigenvalue weighted by molar-refractivity contribution is 6.32. The molecule has 0 spiro atoms. The quantitative estimate of drug-likeness (QED) is 0.736. The van der Waals surface area contributed by atoms with Crippen LogP contribution < -0.4 is 4.74 Å². The van der Waals surface area contributed by atoms with Crippen molar-refractivity contribution in [1.29, 1.82) is 0 Å². The van der Waals surface area contributed by atoms with E-state index < -0.39 is 0 Å². The zero-order valence-electron chi connectivity index (χ0n) is 10.0. The molecular formula is C14H19ClO. The van der Waals surface area contributed by atoms with Gasteiger partial charge in [-0.25, -0.2) is 0 Å². The second kappa shape index (κ2) is 5.09. The Bertz CT molecular complexity index is 354. The van der Waals surface area contributed by atoms with Gasteiger partial charge in [0.15, 0.2) is 0 Å². The van der Waals surface area contributed by atoms with Crippen molar-refractivity contribution >= 4 is 11.6 Å². The molecule has 0 aromatic heterocycles. The topological polar surface area (TPSA) is 9.23 Å². The van der Waals surface area contributed by atoms with Gasteiger partial charge in [0.25, 0.3) is 0 Å². The Labute approximate surface area is 103 Å². The van der Waals surface area contributed by atoms with Crippen molar-refractivity contribution in [3.63, 3.8) is 0 Å². The molecule has 0 aliphatic heterocycles. The lowest BCUT2D eigenvalue weighted by Gasteiger charge is -2.15. The van der Waals surface area contributed by atoms with Gasteiger partial charge >= 0.3 is 0 Å². The van der Waals surface area contributed by atoms with Crippen molar-refractivity contribution in [1.82, 2.24) is 0 Å². The van der Waals surface area contributed by atoms with Crippen molar-refractivity contribution in [3.05, 3.63) is 28.8 Å². The van der Waals surface area contributed by atoms with Gasteiger partial charge in [-0.05, 0) is 49.3 Å². The van der Waals surface area contributed by atoms with Gasteiger partial charge in [-0.3, -0.25) is 0 Å². The molecule has 16 heavy (non-hydrogen) atoms. The molecule has 2 heteroatoms. The molecule has 88 valence electrons. The van der Waals surface area contributed by atoms with Gasteiger partial charge < -0.3 is 4.74 Å². The number of benzene rings is 1. The molecule has 0 atom stereocenters. The van der Waals surface area contributed by atoms with Gasteiger partial charge in [0.2, 0.25) is 0 Å². The summed E-state index contributed by atoms with van der Waals surface area (Å²) in [5, 5.41) is 0.748. The van der Waals surface area contributed by atoms with Crippen LogP contribution in [-0.4, -0.2) is 6.10 Å². The van der Waals surface area contributed by atoms with E-state index in [1.165, 1.54) is 31.2 Å². The lowest BCUT2D eigenvalue weighted by Crippen LogP contribution is -2.11. The molecule has 1 aromatic rings. The smallest absolute Gasteiger partial charge is 0.138 e. The van der Waals surface area contributed by atoms with Gasteiger partial charge in [-0.1, -0.05) is 31.5 Å². The molecule has 1 fully saturated rings. The van der Waals surface area contributed by atoms with Crippen LogP contribution in [0.1, 0.15) is 51.0 Å². The van der Waals surface area contributed by atoms with Crippen molar-refractivity contribution < 1.29 is 4.74 Å². The molecule has 1 aliphatic carbocycles. The van der Waals surface area contributed by atoms with E-state index in [4.69, 9.17) is 16.3 Å². The van der Waals surface area contributed by atoms with Crippen LogP contribution in [0.3, 0.4) is 0 Å². The minimum Gasteiger partial charge on any atom is -0.489 e. The van der Waals surface area contributed by atoms with E-state index in [0.717, 1.165) is 10.8 Å². The summed E-state index contributed by atoms with van der Waals surface area (Å²) in [7, 11) is 0. The first-order valence-corrected chi connectivity index (χ1v) is 6.50. The average molecular weight is 239 g/mol. The predicted octanol–water partition coefficient (Wildman–Crippen LogP) is 4.78. The number of ether oxygens (including phenoxy) is 1. The zero-order valence-corrected chi connectivity index (χ0v) is 10.8. The maximum Gasteiger partial charge on any atom is 0.138 e. The highest BCUT2D eigenvalue weighted by Crippen LogP contribution is 2.31. The van der Waals surface area contributed by atoms with E-state index in [2.05, 4.69) is 19.9 Å². The molecule has 1 aromatic carbocycles. The fraction of sp³-hybridized carbons (Fsp3) is 0.571. The summed E-state index contributed by atoms with van der Waals surface area (Å²) in [6, 6.07) is 6.15. The number of rotatable bonds is 3. The summed E-state index contributed by atoms with van der Waals surface area (Å²) in [6.45, 7) is 4.34. The molecule has 1 nitrogen and oxygen atoms in total. The van der Waals surface area contributed by atoms with Crippen LogP contribution in [0.25, 0.3) is 0 Å². The second-order valence-electron chi connectivity index (χ2n) is 4.87. The number of hydrogen-bond acceptors (Lipinski definition) is 1. The normalized spacial score (nSPS) is 17.0. The third-order valence-electron chi connectivity index (χ3n) is 3.22. The van der Waals surface area contributed by atoms with Crippen LogP contribution in [0.4, 0.5) is 0 Å². The largest absolute Gasteiger partial charge is 0.489 e. The molecule has 2 rings (SSSR count). The summed E-state index contributed by atoms with van der Waals surface area (Å²) >= 11 is 6.23. The highest BCUT2D eigenvalue weighted by atomic mass is 35.5. The van der Waals surface area contributed by atoms with Crippen molar-refractivity contribution in [3.8, 4) is 5.75 Å². The fourth-order valence-corrected chi connectivity index (χ4v) is 2.39. The zero-order chi connectivity index (χ0) is 11.5. The molecule has 0 heterocycles. The Hall–Kier alpha value is -0.690. The van der Waals surface area contributed by atoms with E-state index in [9.17, 15) is 0 Å². The van der Waals surface area contributed by atoms with Crippen LogP contribution in [0.2, 0.25) is 5.02 Å². The monoisotopic (exact) mass is 238 g/mol. The molecular weight excluding hydrogens is 220 g/mol. The lowest BCUT2D eigenvalue weighted by molar-refractivity contribution is 0.210. The Morgan fingerprint density at radius 1 is 1.25 bits per heavy atom. The molecule has 0 radical (unpaired) electrons. The Morgan fingerprint density at radius 3 is 2.50 bits per heavy atom. The van der Waals surface area contributed by atoms with E-state index in [1.54, 1.807) is 0 Å². The van der Waals surface area contributed by atoms with Crippen LogP contribution in [0.5, 0.6) is 5.75 Å². The highest BCUT2D eigenvalue weighted by Gasteiger charge is 2.17. The SMILES string of the molecule is CC(C)c1ccc(OC2CCCC2)c(Cl)c1. The number of hydrogen-bond donors (Lipinski definition) is 0. The first-order chi connectivity index (χ1) is 7.66.